The van der Waals surface area contributed by atoms with E-state index in [-0.39, 0.29) is 36.8 Å². The quantitative estimate of drug-likeness (QED) is 0.663. The van der Waals surface area contributed by atoms with Gasteiger partial charge in [0.2, 0.25) is 0 Å². The number of nitrogens with one attached hydrogen (secondary N) is 1. The Morgan fingerprint density at radius 3 is 2.52 bits per heavy atom. The van der Waals surface area contributed by atoms with Crippen molar-refractivity contribution in [1.82, 2.24) is 15.2 Å². The van der Waals surface area contributed by atoms with Crippen molar-refractivity contribution >= 4 is 5.97 Å². The van der Waals surface area contributed by atoms with Gasteiger partial charge in [0.1, 0.15) is 23.9 Å². The number of ether oxygens (including phenoxy) is 1. The van der Waals surface area contributed by atoms with Crippen LogP contribution in [0.25, 0.3) is 11.4 Å². The standard InChI is InChI=1S/C19H16FN3O4/c20-15-4-2-1-3-13(15)11-27-14-7-5-12(6-8-14)18-21-19(26)16(22-23-18)9-10-17(24)25/h1-8H,9-11H2,(H,24,25)(H,21,23,26). The zero-order valence-electron chi connectivity index (χ0n) is 14.2. The number of H-pyrrole nitrogens is 1. The minimum absolute atomic E-state index is 0.0147. The molecular weight excluding hydrogens is 353 g/mol. The van der Waals surface area contributed by atoms with Gasteiger partial charge in [-0.05, 0) is 30.3 Å². The molecule has 0 aliphatic heterocycles. The van der Waals surface area contributed by atoms with E-state index in [0.29, 0.717) is 16.9 Å². The maximum atomic E-state index is 13.6. The summed E-state index contributed by atoms with van der Waals surface area (Å²) in [4.78, 5) is 25.1. The van der Waals surface area contributed by atoms with Crippen LogP contribution >= 0.6 is 0 Å². The van der Waals surface area contributed by atoms with Crippen LogP contribution in [-0.4, -0.2) is 26.3 Å². The van der Waals surface area contributed by atoms with E-state index in [9.17, 15) is 14.0 Å². The number of carbonyl (C=O) groups is 1. The number of aromatic nitrogens is 3. The largest absolute Gasteiger partial charge is 0.489 e. The predicted octanol–water partition coefficient (Wildman–Crippen LogP) is 2.57. The average molecular weight is 369 g/mol. The van der Waals surface area contributed by atoms with Crippen molar-refractivity contribution in [2.24, 2.45) is 0 Å². The first-order valence-corrected chi connectivity index (χ1v) is 8.17. The fourth-order valence-corrected chi connectivity index (χ4v) is 2.36. The highest BCUT2D eigenvalue weighted by atomic mass is 19.1. The molecule has 0 amide bonds. The van der Waals surface area contributed by atoms with Crippen molar-refractivity contribution in [3.8, 4) is 17.1 Å². The monoisotopic (exact) mass is 369 g/mol. The molecule has 3 rings (SSSR count). The number of carboxylic acid groups (broad SMARTS) is 1. The van der Waals surface area contributed by atoms with Gasteiger partial charge in [-0.15, -0.1) is 10.2 Å². The number of nitrogens with zero attached hydrogens (tertiary/aromatic N) is 2. The lowest BCUT2D eigenvalue weighted by Gasteiger charge is -2.08. The molecule has 0 saturated heterocycles. The maximum Gasteiger partial charge on any atom is 0.303 e. The third-order valence-electron chi connectivity index (χ3n) is 3.82. The average Bonchev–Trinajstić information content (AvgIpc) is 2.67. The number of aliphatic carboxylic acids is 1. The van der Waals surface area contributed by atoms with Crippen molar-refractivity contribution in [3.63, 3.8) is 0 Å². The van der Waals surface area contributed by atoms with E-state index in [1.165, 1.54) is 6.07 Å². The number of rotatable bonds is 7. The number of aromatic amines is 1. The predicted molar refractivity (Wildman–Crippen MR) is 94.8 cm³/mol. The summed E-state index contributed by atoms with van der Waals surface area (Å²) in [6.45, 7) is 0.0981. The molecule has 0 aliphatic rings. The van der Waals surface area contributed by atoms with Gasteiger partial charge in [-0.3, -0.25) is 9.59 Å². The summed E-state index contributed by atoms with van der Waals surface area (Å²) in [6.07, 6.45) is -0.175. The first kappa shape index (κ1) is 18.2. The lowest BCUT2D eigenvalue weighted by Crippen LogP contribution is -2.18. The molecule has 0 saturated carbocycles. The summed E-state index contributed by atoms with van der Waals surface area (Å²) in [7, 11) is 0. The van der Waals surface area contributed by atoms with E-state index >= 15 is 0 Å². The molecule has 2 N–H and O–H groups in total. The second-order valence-corrected chi connectivity index (χ2v) is 5.75. The van der Waals surface area contributed by atoms with Gasteiger partial charge in [0.25, 0.3) is 5.56 Å². The Morgan fingerprint density at radius 2 is 1.85 bits per heavy atom. The normalized spacial score (nSPS) is 10.6. The molecule has 0 unspecified atom stereocenters. The fraction of sp³-hybridized carbons (Fsp3) is 0.158. The van der Waals surface area contributed by atoms with E-state index in [4.69, 9.17) is 9.84 Å². The molecule has 7 nitrogen and oxygen atoms in total. The minimum Gasteiger partial charge on any atom is -0.489 e. The maximum absolute atomic E-state index is 13.6. The number of hydrogen-bond donors (Lipinski definition) is 2. The lowest BCUT2D eigenvalue weighted by atomic mass is 10.2. The SMILES string of the molecule is O=C(O)CCc1nnc(-c2ccc(OCc3ccccc3F)cc2)[nH]c1=O. The molecule has 1 heterocycles. The third-order valence-corrected chi connectivity index (χ3v) is 3.82. The summed E-state index contributed by atoms with van der Waals surface area (Å²) in [5.41, 5.74) is 0.670. The van der Waals surface area contributed by atoms with Crippen LogP contribution in [0.1, 0.15) is 17.7 Å². The van der Waals surface area contributed by atoms with Crippen molar-refractivity contribution in [1.29, 1.82) is 0 Å². The van der Waals surface area contributed by atoms with Crippen LogP contribution in [0.4, 0.5) is 4.39 Å². The zero-order chi connectivity index (χ0) is 19.2. The molecule has 27 heavy (non-hydrogen) atoms. The second-order valence-electron chi connectivity index (χ2n) is 5.75. The van der Waals surface area contributed by atoms with Crippen LogP contribution in [0.3, 0.4) is 0 Å². The summed E-state index contributed by atoms with van der Waals surface area (Å²) in [5.74, 6) is -0.536. The molecule has 2 aromatic carbocycles. The Balaban J connectivity index is 1.68. The highest BCUT2D eigenvalue weighted by Crippen LogP contribution is 2.19. The van der Waals surface area contributed by atoms with E-state index in [2.05, 4.69) is 15.2 Å². The Labute approximate surface area is 153 Å². The Hall–Kier alpha value is -3.55. The molecule has 0 radical (unpaired) electrons. The molecule has 3 aromatic rings. The second kappa shape index (κ2) is 8.22. The Morgan fingerprint density at radius 1 is 1.11 bits per heavy atom. The van der Waals surface area contributed by atoms with Crippen LogP contribution in [0.15, 0.2) is 53.3 Å². The third kappa shape index (κ3) is 4.75. The van der Waals surface area contributed by atoms with E-state index < -0.39 is 11.5 Å². The molecule has 8 heteroatoms. The first-order valence-electron chi connectivity index (χ1n) is 8.17. The van der Waals surface area contributed by atoms with Gasteiger partial charge >= 0.3 is 5.97 Å². The van der Waals surface area contributed by atoms with Gasteiger partial charge in [-0.25, -0.2) is 4.39 Å². The molecular formula is C19H16FN3O4. The molecule has 0 fully saturated rings. The number of hydrogen-bond acceptors (Lipinski definition) is 5. The van der Waals surface area contributed by atoms with Gasteiger partial charge in [-0.1, -0.05) is 18.2 Å². The minimum atomic E-state index is -1.01. The number of aryl methyl sites for hydroxylation is 1. The highest BCUT2D eigenvalue weighted by molar-refractivity contribution is 5.66. The van der Waals surface area contributed by atoms with Gasteiger partial charge in [0.05, 0.1) is 6.42 Å². The number of carboxylic acids is 1. The van der Waals surface area contributed by atoms with E-state index in [1.807, 2.05) is 0 Å². The van der Waals surface area contributed by atoms with Crippen LogP contribution in [-0.2, 0) is 17.8 Å². The van der Waals surface area contributed by atoms with Gasteiger partial charge < -0.3 is 14.8 Å². The van der Waals surface area contributed by atoms with Crippen LogP contribution in [0.2, 0.25) is 0 Å². The molecule has 138 valence electrons. The van der Waals surface area contributed by atoms with Crippen molar-refractivity contribution in [3.05, 3.63) is 76.0 Å². The fourth-order valence-electron chi connectivity index (χ4n) is 2.36. The van der Waals surface area contributed by atoms with Crippen LogP contribution in [0, 0.1) is 5.82 Å². The molecule has 0 spiro atoms. The van der Waals surface area contributed by atoms with Crippen molar-refractivity contribution in [2.45, 2.75) is 19.4 Å². The Kier molecular flexibility index (Phi) is 5.55. The topological polar surface area (TPSA) is 105 Å². The lowest BCUT2D eigenvalue weighted by molar-refractivity contribution is -0.136. The van der Waals surface area contributed by atoms with Crippen molar-refractivity contribution < 1.29 is 19.0 Å². The first-order chi connectivity index (χ1) is 13.0. The van der Waals surface area contributed by atoms with Crippen molar-refractivity contribution in [2.75, 3.05) is 0 Å². The number of benzene rings is 2. The zero-order valence-corrected chi connectivity index (χ0v) is 14.2. The van der Waals surface area contributed by atoms with E-state index in [0.717, 1.165) is 0 Å². The van der Waals surface area contributed by atoms with E-state index in [1.54, 1.807) is 42.5 Å². The molecule has 0 bridgehead atoms. The van der Waals surface area contributed by atoms with Gasteiger partial charge in [0.15, 0.2) is 5.82 Å². The summed E-state index contributed by atoms with van der Waals surface area (Å²) >= 11 is 0. The van der Waals surface area contributed by atoms with Gasteiger partial charge in [0, 0.05) is 17.5 Å². The smallest absolute Gasteiger partial charge is 0.303 e. The summed E-state index contributed by atoms with van der Waals surface area (Å²) in [5, 5.41) is 16.4. The number of halogens is 1. The molecule has 0 aliphatic carbocycles. The Bertz CT molecular complexity index is 1000. The highest BCUT2D eigenvalue weighted by Gasteiger charge is 2.09. The van der Waals surface area contributed by atoms with Gasteiger partial charge in [-0.2, -0.15) is 0 Å². The van der Waals surface area contributed by atoms with Crippen LogP contribution < -0.4 is 10.3 Å². The molecule has 1 aromatic heterocycles. The molecule has 0 atom stereocenters. The summed E-state index contributed by atoms with van der Waals surface area (Å²) in [6, 6.07) is 13.1. The van der Waals surface area contributed by atoms with Crippen LogP contribution in [0.5, 0.6) is 5.75 Å². The summed E-state index contributed by atoms with van der Waals surface area (Å²) < 4.78 is 19.1.